The van der Waals surface area contributed by atoms with Crippen LogP contribution in [0, 0.1) is 18.2 Å². The largest absolute Gasteiger partial charge is 0.508 e. The second-order valence-electron chi connectivity index (χ2n) is 12.4. The lowest BCUT2D eigenvalue weighted by molar-refractivity contribution is 0.108. The fourth-order valence-electron chi connectivity index (χ4n) is 7.89. The molecule has 0 spiro atoms. The second kappa shape index (κ2) is 10.2. The molecule has 2 aromatic heterocycles. The molecule has 0 radical (unpaired) electrons. The SMILES string of the molecule is C#Cc1c(F)ccc2cc(O)cc(-c3cnc4c(N5CC6CCC(C5)N6)nc(OCC56CCCN5CCC6)nc4c3Cl)c12. The molecule has 4 aliphatic rings. The minimum Gasteiger partial charge on any atom is -0.508 e. The van der Waals surface area contributed by atoms with Crippen molar-refractivity contribution in [2.24, 2.45) is 0 Å². The van der Waals surface area contributed by atoms with Gasteiger partial charge in [0.05, 0.1) is 16.1 Å². The minimum atomic E-state index is -0.521. The molecular weight excluding hydrogens is 567 g/mol. The number of terminal acetylenes is 1. The summed E-state index contributed by atoms with van der Waals surface area (Å²) in [6, 6.07) is 7.06. The van der Waals surface area contributed by atoms with Crippen LogP contribution in [0.25, 0.3) is 32.9 Å². The zero-order chi connectivity index (χ0) is 29.3. The number of phenols is 1. The molecule has 4 aromatic rings. The van der Waals surface area contributed by atoms with Crippen molar-refractivity contribution in [2.75, 3.05) is 37.7 Å². The number of benzene rings is 2. The average molecular weight is 599 g/mol. The van der Waals surface area contributed by atoms with E-state index in [9.17, 15) is 9.50 Å². The third-order valence-corrected chi connectivity index (χ3v) is 10.3. The van der Waals surface area contributed by atoms with E-state index in [4.69, 9.17) is 37.7 Å². The van der Waals surface area contributed by atoms with Crippen LogP contribution in [-0.2, 0) is 0 Å². The van der Waals surface area contributed by atoms with Gasteiger partial charge in [0.25, 0.3) is 0 Å². The van der Waals surface area contributed by atoms with Crippen LogP contribution in [0.4, 0.5) is 10.2 Å². The highest BCUT2D eigenvalue weighted by molar-refractivity contribution is 6.38. The first-order chi connectivity index (χ1) is 20.9. The summed E-state index contributed by atoms with van der Waals surface area (Å²) in [6.45, 7) is 4.35. The van der Waals surface area contributed by atoms with Gasteiger partial charge in [-0.15, -0.1) is 6.42 Å². The fourth-order valence-corrected chi connectivity index (χ4v) is 8.17. The smallest absolute Gasteiger partial charge is 0.319 e. The molecule has 0 amide bonds. The van der Waals surface area contributed by atoms with Gasteiger partial charge in [-0.3, -0.25) is 4.90 Å². The van der Waals surface area contributed by atoms with E-state index in [0.29, 0.717) is 62.5 Å². The van der Waals surface area contributed by atoms with Crippen LogP contribution in [0.2, 0.25) is 5.02 Å². The van der Waals surface area contributed by atoms with Gasteiger partial charge in [-0.25, -0.2) is 9.37 Å². The van der Waals surface area contributed by atoms with Gasteiger partial charge in [0, 0.05) is 42.3 Å². The maximum atomic E-state index is 14.9. The summed E-state index contributed by atoms with van der Waals surface area (Å²) in [4.78, 5) is 19.4. The van der Waals surface area contributed by atoms with Gasteiger partial charge < -0.3 is 20.1 Å². The summed E-state index contributed by atoms with van der Waals surface area (Å²) < 4.78 is 21.3. The van der Waals surface area contributed by atoms with Gasteiger partial charge >= 0.3 is 6.01 Å². The summed E-state index contributed by atoms with van der Waals surface area (Å²) in [5.74, 6) is 2.67. The molecule has 4 saturated heterocycles. The molecule has 4 fully saturated rings. The Hall–Kier alpha value is -3.71. The zero-order valence-electron chi connectivity index (χ0n) is 23.7. The first-order valence-electron chi connectivity index (χ1n) is 15.1. The topological polar surface area (TPSA) is 86.6 Å². The van der Waals surface area contributed by atoms with Crippen LogP contribution in [-0.4, -0.2) is 75.4 Å². The Labute approximate surface area is 254 Å². The first kappa shape index (κ1) is 26.9. The number of nitrogens with zero attached hydrogens (tertiary/aromatic N) is 5. The number of fused-ring (bicyclic) bond motifs is 5. The minimum absolute atomic E-state index is 0.00821. The number of phenolic OH excluding ortho intramolecular Hbond substituents is 1. The number of hydrogen-bond acceptors (Lipinski definition) is 8. The van der Waals surface area contributed by atoms with Crippen LogP contribution >= 0.6 is 11.6 Å². The van der Waals surface area contributed by atoms with Gasteiger partial charge in [-0.05, 0) is 80.8 Å². The van der Waals surface area contributed by atoms with Crippen molar-refractivity contribution in [3.05, 3.63) is 46.9 Å². The van der Waals surface area contributed by atoms with E-state index in [1.165, 1.54) is 18.9 Å². The van der Waals surface area contributed by atoms with E-state index in [-0.39, 0.29) is 22.9 Å². The van der Waals surface area contributed by atoms with Gasteiger partial charge in [-0.1, -0.05) is 23.6 Å². The van der Waals surface area contributed by atoms with Gasteiger partial charge in [-0.2, -0.15) is 9.97 Å². The Balaban J connectivity index is 1.28. The molecular formula is C33H32ClFN6O2. The molecule has 8 nitrogen and oxygen atoms in total. The van der Waals surface area contributed by atoms with E-state index in [1.54, 1.807) is 24.4 Å². The zero-order valence-corrected chi connectivity index (χ0v) is 24.5. The molecule has 8 rings (SSSR count). The number of hydrogen-bond donors (Lipinski definition) is 2. The van der Waals surface area contributed by atoms with Crippen molar-refractivity contribution >= 4 is 39.2 Å². The molecule has 2 unspecified atom stereocenters. The number of anilines is 1. The van der Waals surface area contributed by atoms with E-state index < -0.39 is 5.82 Å². The Kier molecular flexibility index (Phi) is 6.37. The molecule has 0 aliphatic carbocycles. The molecule has 43 heavy (non-hydrogen) atoms. The third-order valence-electron chi connectivity index (χ3n) is 9.90. The summed E-state index contributed by atoms with van der Waals surface area (Å²) in [5.41, 5.74) is 2.14. The molecule has 4 aliphatic heterocycles. The number of ether oxygens (including phenoxy) is 1. The van der Waals surface area contributed by atoms with Crippen LogP contribution < -0.4 is 15.0 Å². The number of aromatic nitrogens is 3. The summed E-state index contributed by atoms with van der Waals surface area (Å²) in [5, 5.41) is 15.7. The molecule has 10 heteroatoms. The molecule has 2 N–H and O–H groups in total. The van der Waals surface area contributed by atoms with Crippen molar-refractivity contribution in [1.29, 1.82) is 0 Å². The Morgan fingerprint density at radius 1 is 1.09 bits per heavy atom. The monoisotopic (exact) mass is 598 g/mol. The van der Waals surface area contributed by atoms with Crippen LogP contribution in [0.15, 0.2) is 30.5 Å². The lowest BCUT2D eigenvalue weighted by Gasteiger charge is -2.34. The predicted octanol–water partition coefficient (Wildman–Crippen LogP) is 5.27. The van der Waals surface area contributed by atoms with Gasteiger partial charge in [0.1, 0.15) is 29.2 Å². The molecule has 2 atom stereocenters. The maximum Gasteiger partial charge on any atom is 0.319 e. The normalized spacial score (nSPS) is 22.8. The third kappa shape index (κ3) is 4.38. The number of nitrogens with one attached hydrogen (secondary N) is 1. The molecule has 2 bridgehead atoms. The second-order valence-corrected chi connectivity index (χ2v) is 12.8. The number of halogens is 2. The molecule has 2 aromatic carbocycles. The van der Waals surface area contributed by atoms with Crippen molar-refractivity contribution in [1.82, 2.24) is 25.2 Å². The van der Waals surface area contributed by atoms with Crippen molar-refractivity contribution < 1.29 is 14.2 Å². The average Bonchev–Trinajstić information content (AvgIpc) is 3.69. The molecule has 6 heterocycles. The Morgan fingerprint density at radius 2 is 1.86 bits per heavy atom. The van der Waals surface area contributed by atoms with E-state index >= 15 is 0 Å². The summed E-state index contributed by atoms with van der Waals surface area (Å²) >= 11 is 7.18. The van der Waals surface area contributed by atoms with E-state index in [1.807, 2.05) is 0 Å². The van der Waals surface area contributed by atoms with Crippen molar-refractivity contribution in [3.63, 3.8) is 0 Å². The first-order valence-corrected chi connectivity index (χ1v) is 15.5. The highest BCUT2D eigenvalue weighted by Crippen LogP contribution is 2.43. The molecule has 220 valence electrons. The Morgan fingerprint density at radius 3 is 2.60 bits per heavy atom. The lowest BCUT2D eigenvalue weighted by atomic mass is 9.94. The van der Waals surface area contributed by atoms with E-state index in [0.717, 1.165) is 51.9 Å². The van der Waals surface area contributed by atoms with Crippen LogP contribution in [0.5, 0.6) is 11.8 Å². The predicted molar refractivity (Wildman–Crippen MR) is 165 cm³/mol. The number of aromatic hydroxyl groups is 1. The highest BCUT2D eigenvalue weighted by Gasteiger charge is 2.45. The quantitative estimate of drug-likeness (QED) is 0.301. The van der Waals surface area contributed by atoms with Crippen molar-refractivity contribution in [3.8, 4) is 35.2 Å². The number of rotatable bonds is 5. The fraction of sp³-hybridized carbons (Fsp3) is 0.424. The van der Waals surface area contributed by atoms with Crippen molar-refractivity contribution in [2.45, 2.75) is 56.1 Å². The number of pyridine rings is 1. The standard InChI is InChI=1S/C33H32ClFN6O2/c1-2-23-26(35)8-5-19-13-22(42)14-24(27(19)23)25-15-36-30-29(28(25)34)38-32(43-18-33-9-3-11-41(33)12-4-10-33)39-31(30)40-16-20-6-7-21(17-40)37-20/h1,5,8,13-15,20-21,37,42H,3-4,6-7,9-12,16-18H2. The molecule has 0 saturated carbocycles. The van der Waals surface area contributed by atoms with Gasteiger partial charge in [0.15, 0.2) is 5.82 Å². The summed E-state index contributed by atoms with van der Waals surface area (Å²) in [6.07, 6.45) is 14.2. The summed E-state index contributed by atoms with van der Waals surface area (Å²) in [7, 11) is 0. The van der Waals surface area contributed by atoms with Gasteiger partial charge in [0.2, 0.25) is 0 Å². The number of piperazine rings is 1. The van der Waals surface area contributed by atoms with Crippen LogP contribution in [0.3, 0.4) is 0 Å². The van der Waals surface area contributed by atoms with Crippen LogP contribution in [0.1, 0.15) is 44.1 Å². The lowest BCUT2D eigenvalue weighted by Crippen LogP contribution is -2.51. The highest BCUT2D eigenvalue weighted by atomic mass is 35.5. The Bertz CT molecular complexity index is 1800. The van der Waals surface area contributed by atoms with E-state index in [2.05, 4.69) is 21.0 Å². The maximum absolute atomic E-state index is 14.9.